The molecule has 1 atom stereocenters. The highest BCUT2D eigenvalue weighted by Crippen LogP contribution is 2.34. The lowest BCUT2D eigenvalue weighted by Gasteiger charge is -2.23. The average molecular weight is 448 g/mol. The summed E-state index contributed by atoms with van der Waals surface area (Å²) in [6.07, 6.45) is 6.17. The smallest absolute Gasteiger partial charge is 0.243 e. The van der Waals surface area contributed by atoms with Crippen molar-refractivity contribution in [1.29, 1.82) is 0 Å². The maximum atomic E-state index is 12.9. The number of amides is 1. The molecule has 2 fully saturated rings. The van der Waals surface area contributed by atoms with Gasteiger partial charge in [-0.05, 0) is 67.9 Å². The molecule has 2 aliphatic heterocycles. The van der Waals surface area contributed by atoms with E-state index in [0.29, 0.717) is 36.3 Å². The molecular formula is C22H29N3O3S2. The zero-order chi connectivity index (χ0) is 21.0. The number of hydrogen-bond donors (Lipinski definition) is 1. The SMILES string of the molecule is O=C(CN1CCC[C@H]1c1cccs1)Nc1ccc(S(=O)(=O)N2CCCCCC2)cc1. The van der Waals surface area contributed by atoms with Gasteiger partial charge in [-0.2, -0.15) is 4.31 Å². The first kappa shape index (κ1) is 21.5. The van der Waals surface area contributed by atoms with Crippen LogP contribution in [0.3, 0.4) is 0 Å². The van der Waals surface area contributed by atoms with Gasteiger partial charge in [-0.15, -0.1) is 11.3 Å². The number of nitrogens with zero attached hydrogens (tertiary/aromatic N) is 2. The number of thiophene rings is 1. The van der Waals surface area contributed by atoms with Crippen LogP contribution in [0.25, 0.3) is 0 Å². The van der Waals surface area contributed by atoms with Gasteiger partial charge in [0.1, 0.15) is 0 Å². The van der Waals surface area contributed by atoms with Gasteiger partial charge in [0.15, 0.2) is 0 Å². The Balaban J connectivity index is 1.36. The lowest BCUT2D eigenvalue weighted by molar-refractivity contribution is -0.117. The number of sulfonamides is 1. The number of hydrogen-bond acceptors (Lipinski definition) is 5. The quantitative estimate of drug-likeness (QED) is 0.724. The zero-order valence-corrected chi connectivity index (χ0v) is 18.8. The Labute approximate surface area is 182 Å². The fraction of sp³-hybridized carbons (Fsp3) is 0.500. The molecule has 3 heterocycles. The Bertz CT molecular complexity index is 935. The van der Waals surface area contributed by atoms with Gasteiger partial charge < -0.3 is 5.32 Å². The average Bonchev–Trinajstić information content (AvgIpc) is 3.33. The van der Waals surface area contributed by atoms with Gasteiger partial charge in [0.05, 0.1) is 11.4 Å². The van der Waals surface area contributed by atoms with Crippen LogP contribution in [0, 0.1) is 0 Å². The first-order valence-electron chi connectivity index (χ1n) is 10.7. The highest BCUT2D eigenvalue weighted by Gasteiger charge is 2.28. The number of likely N-dealkylation sites (tertiary alicyclic amines) is 1. The Hall–Kier alpha value is -1.74. The molecule has 6 nitrogen and oxygen atoms in total. The van der Waals surface area contributed by atoms with E-state index < -0.39 is 10.0 Å². The van der Waals surface area contributed by atoms with Crippen molar-refractivity contribution >= 4 is 33.0 Å². The minimum atomic E-state index is -3.47. The summed E-state index contributed by atoms with van der Waals surface area (Å²) in [4.78, 5) is 16.4. The summed E-state index contributed by atoms with van der Waals surface area (Å²) in [6, 6.07) is 11.1. The summed E-state index contributed by atoms with van der Waals surface area (Å²) in [7, 11) is -3.47. The van der Waals surface area contributed by atoms with E-state index in [9.17, 15) is 13.2 Å². The zero-order valence-electron chi connectivity index (χ0n) is 17.1. The second kappa shape index (κ2) is 9.60. The van der Waals surface area contributed by atoms with Gasteiger partial charge in [-0.25, -0.2) is 8.42 Å². The molecule has 0 bridgehead atoms. The van der Waals surface area contributed by atoms with Crippen molar-refractivity contribution in [2.45, 2.75) is 49.5 Å². The molecular weight excluding hydrogens is 418 g/mol. The van der Waals surface area contributed by atoms with Crippen molar-refractivity contribution < 1.29 is 13.2 Å². The standard InChI is InChI=1S/C22H29N3O3S2/c26-22(17-24-13-5-7-20(24)21-8-6-16-29-21)23-18-9-11-19(12-10-18)30(27,28)25-14-3-1-2-4-15-25/h6,8-12,16,20H,1-5,7,13-15,17H2,(H,23,26)/t20-/m0/s1. The van der Waals surface area contributed by atoms with Crippen LogP contribution in [0.2, 0.25) is 0 Å². The molecule has 1 aromatic heterocycles. The Morgan fingerprint density at radius 1 is 1.00 bits per heavy atom. The van der Waals surface area contributed by atoms with E-state index >= 15 is 0 Å². The van der Waals surface area contributed by atoms with E-state index in [1.807, 2.05) is 0 Å². The third-order valence-corrected chi connectivity index (χ3v) is 8.81. The number of anilines is 1. The second-order valence-corrected chi connectivity index (χ2v) is 11.0. The normalized spacial score (nSPS) is 21.4. The molecule has 1 aromatic carbocycles. The van der Waals surface area contributed by atoms with Crippen LogP contribution < -0.4 is 5.32 Å². The molecule has 4 rings (SSSR count). The third kappa shape index (κ3) is 4.94. The molecule has 1 N–H and O–H groups in total. The van der Waals surface area contributed by atoms with E-state index in [0.717, 1.165) is 45.1 Å². The highest BCUT2D eigenvalue weighted by atomic mass is 32.2. The van der Waals surface area contributed by atoms with Crippen molar-refractivity contribution in [2.75, 3.05) is 31.5 Å². The molecule has 8 heteroatoms. The van der Waals surface area contributed by atoms with Crippen molar-refractivity contribution in [3.05, 3.63) is 46.7 Å². The van der Waals surface area contributed by atoms with E-state index in [-0.39, 0.29) is 5.91 Å². The summed E-state index contributed by atoms with van der Waals surface area (Å²) in [5, 5.41) is 4.99. The van der Waals surface area contributed by atoms with Crippen LogP contribution in [0.4, 0.5) is 5.69 Å². The van der Waals surface area contributed by atoms with E-state index in [1.54, 1.807) is 39.9 Å². The molecule has 30 heavy (non-hydrogen) atoms. The lowest BCUT2D eigenvalue weighted by Crippen LogP contribution is -2.33. The molecule has 1 amide bonds. The van der Waals surface area contributed by atoms with E-state index in [1.165, 1.54) is 4.88 Å². The fourth-order valence-electron chi connectivity index (χ4n) is 4.34. The number of carbonyl (C=O) groups is 1. The summed E-state index contributed by atoms with van der Waals surface area (Å²) in [5.41, 5.74) is 0.627. The predicted molar refractivity (Wildman–Crippen MR) is 120 cm³/mol. The predicted octanol–water partition coefficient (Wildman–Crippen LogP) is 4.09. The van der Waals surface area contributed by atoms with Crippen LogP contribution >= 0.6 is 11.3 Å². The molecule has 0 unspecified atom stereocenters. The van der Waals surface area contributed by atoms with Crippen molar-refractivity contribution in [1.82, 2.24) is 9.21 Å². The van der Waals surface area contributed by atoms with Gasteiger partial charge >= 0.3 is 0 Å². The van der Waals surface area contributed by atoms with E-state index in [2.05, 4.69) is 27.7 Å². The molecule has 2 aliphatic rings. The number of benzene rings is 1. The maximum absolute atomic E-state index is 12.9. The van der Waals surface area contributed by atoms with E-state index in [4.69, 9.17) is 0 Å². The minimum Gasteiger partial charge on any atom is -0.325 e. The topological polar surface area (TPSA) is 69.7 Å². The summed E-state index contributed by atoms with van der Waals surface area (Å²) < 4.78 is 27.4. The molecule has 0 spiro atoms. The van der Waals surface area contributed by atoms with Gasteiger partial charge in [0, 0.05) is 29.7 Å². The first-order valence-corrected chi connectivity index (χ1v) is 13.0. The molecule has 0 saturated carbocycles. The van der Waals surface area contributed by atoms with Gasteiger partial charge in [-0.1, -0.05) is 18.9 Å². The number of carbonyl (C=O) groups excluding carboxylic acids is 1. The molecule has 2 aromatic rings. The van der Waals surface area contributed by atoms with Crippen LogP contribution in [0.15, 0.2) is 46.7 Å². The van der Waals surface area contributed by atoms with Crippen molar-refractivity contribution in [2.24, 2.45) is 0 Å². The number of rotatable bonds is 6. The van der Waals surface area contributed by atoms with Gasteiger partial charge in [0.2, 0.25) is 15.9 Å². The monoisotopic (exact) mass is 447 g/mol. The summed E-state index contributed by atoms with van der Waals surface area (Å²) in [6.45, 7) is 2.43. The lowest BCUT2D eigenvalue weighted by atomic mass is 10.2. The maximum Gasteiger partial charge on any atom is 0.243 e. The number of nitrogens with one attached hydrogen (secondary N) is 1. The second-order valence-electron chi connectivity index (χ2n) is 8.03. The Morgan fingerprint density at radius 3 is 2.40 bits per heavy atom. The van der Waals surface area contributed by atoms with Crippen molar-refractivity contribution in [3.8, 4) is 0 Å². The Kier molecular flexibility index (Phi) is 6.87. The van der Waals surface area contributed by atoms with Crippen LogP contribution in [0.1, 0.15) is 49.4 Å². The summed E-state index contributed by atoms with van der Waals surface area (Å²) in [5.74, 6) is -0.0680. The van der Waals surface area contributed by atoms with Gasteiger partial charge in [-0.3, -0.25) is 9.69 Å². The minimum absolute atomic E-state index is 0.0680. The fourth-order valence-corrected chi connectivity index (χ4v) is 6.76. The van der Waals surface area contributed by atoms with Crippen LogP contribution in [0.5, 0.6) is 0 Å². The molecule has 0 radical (unpaired) electrons. The van der Waals surface area contributed by atoms with Crippen molar-refractivity contribution in [3.63, 3.8) is 0 Å². The van der Waals surface area contributed by atoms with Crippen LogP contribution in [-0.2, 0) is 14.8 Å². The summed E-state index contributed by atoms with van der Waals surface area (Å²) >= 11 is 1.74. The molecule has 0 aliphatic carbocycles. The largest absolute Gasteiger partial charge is 0.325 e. The first-order chi connectivity index (χ1) is 14.5. The Morgan fingerprint density at radius 2 is 1.73 bits per heavy atom. The van der Waals surface area contributed by atoms with Gasteiger partial charge in [0.25, 0.3) is 0 Å². The van der Waals surface area contributed by atoms with Crippen LogP contribution in [-0.4, -0.2) is 49.7 Å². The molecule has 2 saturated heterocycles. The molecule has 162 valence electrons. The highest BCUT2D eigenvalue weighted by molar-refractivity contribution is 7.89. The third-order valence-electron chi connectivity index (χ3n) is 5.92.